The Labute approximate surface area is 204 Å². The Morgan fingerprint density at radius 1 is 0.857 bits per heavy atom. The van der Waals surface area contributed by atoms with Crippen LogP contribution < -0.4 is 10.6 Å². The third-order valence-corrected chi connectivity index (χ3v) is 5.77. The van der Waals surface area contributed by atoms with Crippen LogP contribution in [0.2, 0.25) is 0 Å². The highest BCUT2D eigenvalue weighted by molar-refractivity contribution is 7.99. The molecule has 4 rings (SSSR count). The third-order valence-electron chi connectivity index (χ3n) is 4.75. The predicted octanol–water partition coefficient (Wildman–Crippen LogP) is 5.75. The molecule has 0 fully saturated rings. The van der Waals surface area contributed by atoms with Crippen LogP contribution in [0, 0.1) is 10.1 Å². The minimum atomic E-state index is -0.513. The highest BCUT2D eigenvalue weighted by atomic mass is 32.2. The van der Waals surface area contributed by atoms with Crippen molar-refractivity contribution in [3.05, 3.63) is 124 Å². The average molecular weight is 486 g/mol. The summed E-state index contributed by atoms with van der Waals surface area (Å²) < 4.78 is 5.30. The number of carbonyl (C=O) groups is 2. The summed E-state index contributed by atoms with van der Waals surface area (Å²) >= 11 is 1.43. The summed E-state index contributed by atoms with van der Waals surface area (Å²) in [6.45, 7) is 0. The summed E-state index contributed by atoms with van der Waals surface area (Å²) in [5.74, 6) is -0.520. The molecule has 2 N–H and O–H groups in total. The lowest BCUT2D eigenvalue weighted by Gasteiger charge is -2.11. The van der Waals surface area contributed by atoms with Crippen LogP contribution in [0.4, 0.5) is 11.4 Å². The molecule has 35 heavy (non-hydrogen) atoms. The van der Waals surface area contributed by atoms with E-state index in [0.29, 0.717) is 17.0 Å². The number of nitrogens with one attached hydrogen (secondary N) is 2. The van der Waals surface area contributed by atoms with Crippen molar-refractivity contribution in [1.82, 2.24) is 5.32 Å². The summed E-state index contributed by atoms with van der Waals surface area (Å²) in [6, 6.07) is 25.3. The van der Waals surface area contributed by atoms with Crippen LogP contribution in [0.15, 0.2) is 117 Å². The van der Waals surface area contributed by atoms with E-state index in [0.717, 1.165) is 9.79 Å². The van der Waals surface area contributed by atoms with Gasteiger partial charge in [-0.2, -0.15) is 0 Å². The number of hydrogen-bond acceptors (Lipinski definition) is 6. The van der Waals surface area contributed by atoms with Gasteiger partial charge < -0.3 is 15.1 Å². The van der Waals surface area contributed by atoms with Crippen LogP contribution in [0.1, 0.15) is 16.1 Å². The molecule has 0 aliphatic carbocycles. The van der Waals surface area contributed by atoms with Gasteiger partial charge in [-0.1, -0.05) is 30.0 Å². The molecule has 174 valence electrons. The Kier molecular flexibility index (Phi) is 7.39. The van der Waals surface area contributed by atoms with Gasteiger partial charge in [0.2, 0.25) is 0 Å². The van der Waals surface area contributed by atoms with Crippen LogP contribution in [-0.4, -0.2) is 16.7 Å². The zero-order valence-corrected chi connectivity index (χ0v) is 19.0. The Balaban J connectivity index is 1.45. The van der Waals surface area contributed by atoms with E-state index >= 15 is 0 Å². The largest absolute Gasteiger partial charge is 0.465 e. The molecule has 0 unspecified atom stereocenters. The molecule has 0 saturated carbocycles. The molecule has 2 amide bonds. The van der Waals surface area contributed by atoms with Gasteiger partial charge in [0.1, 0.15) is 11.5 Å². The fourth-order valence-electron chi connectivity index (χ4n) is 3.03. The van der Waals surface area contributed by atoms with E-state index in [2.05, 4.69) is 10.6 Å². The molecule has 8 nitrogen and oxygen atoms in total. The molecular weight excluding hydrogens is 466 g/mol. The number of hydrogen-bond donors (Lipinski definition) is 2. The lowest BCUT2D eigenvalue weighted by molar-refractivity contribution is -0.384. The average Bonchev–Trinajstić information content (AvgIpc) is 3.39. The normalized spacial score (nSPS) is 11.0. The first kappa shape index (κ1) is 23.5. The molecule has 1 heterocycles. The molecular formula is C26H19N3O5S. The molecule has 0 radical (unpaired) electrons. The van der Waals surface area contributed by atoms with Crippen LogP contribution in [0.25, 0.3) is 6.08 Å². The van der Waals surface area contributed by atoms with Crippen LogP contribution in [0.3, 0.4) is 0 Å². The number of furan rings is 1. The number of nitrogens with zero attached hydrogens (tertiary/aromatic N) is 1. The van der Waals surface area contributed by atoms with Gasteiger partial charge >= 0.3 is 0 Å². The maximum absolute atomic E-state index is 13.0. The molecule has 0 spiro atoms. The Hall–Kier alpha value is -4.63. The zero-order chi connectivity index (χ0) is 24.6. The van der Waals surface area contributed by atoms with E-state index < -0.39 is 16.7 Å². The summed E-state index contributed by atoms with van der Waals surface area (Å²) in [5.41, 5.74) is 1.00. The molecule has 0 atom stereocenters. The Morgan fingerprint density at radius 3 is 2.11 bits per heavy atom. The monoisotopic (exact) mass is 485 g/mol. The van der Waals surface area contributed by atoms with E-state index in [4.69, 9.17) is 4.42 Å². The smallest absolute Gasteiger partial charge is 0.272 e. The zero-order valence-electron chi connectivity index (χ0n) is 18.2. The first-order chi connectivity index (χ1) is 17.0. The van der Waals surface area contributed by atoms with Crippen molar-refractivity contribution in [3.8, 4) is 0 Å². The maximum atomic E-state index is 13.0. The van der Waals surface area contributed by atoms with Crippen molar-refractivity contribution >= 4 is 41.0 Å². The maximum Gasteiger partial charge on any atom is 0.272 e. The first-order valence-corrected chi connectivity index (χ1v) is 11.2. The van der Waals surface area contributed by atoms with E-state index in [1.807, 2.05) is 12.1 Å². The highest BCUT2D eigenvalue weighted by Crippen LogP contribution is 2.29. The second-order valence-corrected chi connectivity index (χ2v) is 8.37. The van der Waals surface area contributed by atoms with E-state index in [1.54, 1.807) is 66.7 Å². The van der Waals surface area contributed by atoms with Gasteiger partial charge in [0.15, 0.2) is 0 Å². The van der Waals surface area contributed by atoms with E-state index in [-0.39, 0.29) is 11.4 Å². The van der Waals surface area contributed by atoms with Crippen molar-refractivity contribution in [2.24, 2.45) is 0 Å². The number of non-ortho nitro benzene ring substituents is 1. The first-order valence-electron chi connectivity index (χ1n) is 10.4. The quantitative estimate of drug-likeness (QED) is 0.187. The molecule has 0 aliphatic rings. The van der Waals surface area contributed by atoms with Gasteiger partial charge in [-0.25, -0.2) is 0 Å². The van der Waals surface area contributed by atoms with Gasteiger partial charge in [-0.3, -0.25) is 19.7 Å². The number of amides is 2. The second kappa shape index (κ2) is 11.0. The lowest BCUT2D eigenvalue weighted by atomic mass is 10.2. The summed E-state index contributed by atoms with van der Waals surface area (Å²) in [7, 11) is 0. The van der Waals surface area contributed by atoms with Crippen LogP contribution in [0.5, 0.6) is 0 Å². The fourth-order valence-corrected chi connectivity index (χ4v) is 3.85. The van der Waals surface area contributed by atoms with Gasteiger partial charge in [0, 0.05) is 39.3 Å². The van der Waals surface area contributed by atoms with Gasteiger partial charge in [-0.05, 0) is 60.7 Å². The van der Waals surface area contributed by atoms with Gasteiger partial charge in [0.25, 0.3) is 17.5 Å². The number of nitro groups is 1. The number of rotatable bonds is 8. The molecule has 0 bridgehead atoms. The Morgan fingerprint density at radius 2 is 1.51 bits per heavy atom. The van der Waals surface area contributed by atoms with Crippen molar-refractivity contribution in [2.75, 3.05) is 5.32 Å². The van der Waals surface area contributed by atoms with Crippen LogP contribution in [-0.2, 0) is 4.79 Å². The van der Waals surface area contributed by atoms with Crippen molar-refractivity contribution < 1.29 is 18.9 Å². The standard InChI is InChI=1S/C26H19N3O5S/c30-25(18-5-2-1-3-6-18)28-24(17-21-7-4-16-34-21)26(31)27-19-8-12-22(13-9-19)35-23-14-10-20(11-15-23)29(32)33/h1-17H,(H,27,31)(H,28,30). The third kappa shape index (κ3) is 6.46. The van der Waals surface area contributed by atoms with E-state index in [9.17, 15) is 19.7 Å². The number of nitro benzene ring substituents is 1. The molecule has 1 aromatic heterocycles. The van der Waals surface area contributed by atoms with Crippen molar-refractivity contribution in [1.29, 1.82) is 0 Å². The van der Waals surface area contributed by atoms with Crippen LogP contribution >= 0.6 is 11.8 Å². The molecule has 9 heteroatoms. The molecule has 4 aromatic rings. The lowest BCUT2D eigenvalue weighted by Crippen LogP contribution is -2.30. The molecule has 0 saturated heterocycles. The van der Waals surface area contributed by atoms with Gasteiger partial charge in [0.05, 0.1) is 11.2 Å². The van der Waals surface area contributed by atoms with Gasteiger partial charge in [-0.15, -0.1) is 0 Å². The molecule has 0 aliphatic heterocycles. The number of benzene rings is 3. The molecule has 3 aromatic carbocycles. The van der Waals surface area contributed by atoms with Crippen molar-refractivity contribution in [3.63, 3.8) is 0 Å². The minimum Gasteiger partial charge on any atom is -0.465 e. The highest BCUT2D eigenvalue weighted by Gasteiger charge is 2.16. The summed E-state index contributed by atoms with van der Waals surface area (Å²) in [5, 5.41) is 16.2. The summed E-state index contributed by atoms with van der Waals surface area (Å²) in [6.07, 6.45) is 2.93. The topological polar surface area (TPSA) is 114 Å². The number of anilines is 1. The SMILES string of the molecule is O=C(Nc1ccc(Sc2ccc([N+](=O)[O-])cc2)cc1)C(=Cc1ccco1)NC(=O)c1ccccc1. The number of carbonyl (C=O) groups excluding carboxylic acids is 2. The van der Waals surface area contributed by atoms with E-state index in [1.165, 1.54) is 36.2 Å². The Bertz CT molecular complexity index is 1350. The van der Waals surface area contributed by atoms with Crippen molar-refractivity contribution in [2.45, 2.75) is 9.79 Å². The second-order valence-electron chi connectivity index (χ2n) is 7.23. The fraction of sp³-hybridized carbons (Fsp3) is 0. The minimum absolute atomic E-state index is 0.0261. The summed E-state index contributed by atoms with van der Waals surface area (Å²) in [4.78, 5) is 37.7. The predicted molar refractivity (Wildman–Crippen MR) is 133 cm³/mol.